The molecule has 0 radical (unpaired) electrons. The van der Waals surface area contributed by atoms with Crippen LogP contribution in [-0.4, -0.2) is 17.7 Å². The largest absolute Gasteiger partial charge is 0.506 e. The molecule has 88 valence electrons. The molecule has 0 aliphatic heterocycles. The average molecular weight is 226 g/mol. The van der Waals surface area contributed by atoms with Crippen molar-refractivity contribution < 1.29 is 19.1 Å². The predicted octanol–water partition coefficient (Wildman–Crippen LogP) is 1.39. The highest BCUT2D eigenvalue weighted by atomic mass is 16.5. The van der Waals surface area contributed by atoms with E-state index in [2.05, 4.69) is 0 Å². The average Bonchev–Trinajstić information content (AvgIpc) is 2.17. The van der Waals surface area contributed by atoms with Gasteiger partial charge in [0.2, 0.25) is 0 Å². The first-order valence-corrected chi connectivity index (χ1v) is 5.05. The summed E-state index contributed by atoms with van der Waals surface area (Å²) < 4.78 is 9.63. The number of rotatable bonds is 3. The maximum Gasteiger partial charge on any atom is 0.345 e. The Morgan fingerprint density at radius 2 is 2.06 bits per heavy atom. The smallest absolute Gasteiger partial charge is 0.345 e. The van der Waals surface area contributed by atoms with Gasteiger partial charge in [-0.05, 0) is 20.3 Å². The van der Waals surface area contributed by atoms with E-state index in [1.54, 1.807) is 13.8 Å². The minimum atomic E-state index is -0.684. The van der Waals surface area contributed by atoms with Gasteiger partial charge in [0.05, 0.1) is 12.2 Å². The highest BCUT2D eigenvalue weighted by molar-refractivity contribution is 5.93. The first-order valence-electron chi connectivity index (χ1n) is 5.05. The Kier molecular flexibility index (Phi) is 3.71. The Morgan fingerprint density at radius 1 is 1.44 bits per heavy atom. The van der Waals surface area contributed by atoms with Crippen molar-refractivity contribution in [3.05, 3.63) is 27.3 Å². The number of carbonyl (C=O) groups excluding carboxylic acids is 1. The van der Waals surface area contributed by atoms with Crippen LogP contribution < -0.4 is 5.63 Å². The number of hydrogen-bond acceptors (Lipinski definition) is 5. The molecule has 1 rings (SSSR count). The Bertz CT molecular complexity index is 458. The molecule has 0 atom stereocenters. The van der Waals surface area contributed by atoms with Crippen LogP contribution in [-0.2, 0) is 11.2 Å². The first-order chi connectivity index (χ1) is 7.52. The van der Waals surface area contributed by atoms with E-state index in [-0.39, 0.29) is 29.2 Å². The Balaban J connectivity index is 3.39. The normalized spacial score (nSPS) is 10.2. The highest BCUT2D eigenvalue weighted by Gasteiger charge is 2.22. The molecule has 0 amide bonds. The van der Waals surface area contributed by atoms with Crippen LogP contribution in [0.3, 0.4) is 0 Å². The van der Waals surface area contributed by atoms with E-state index in [0.717, 1.165) is 0 Å². The Hall–Kier alpha value is -1.78. The second-order valence-electron chi connectivity index (χ2n) is 3.22. The number of aryl methyl sites for hydroxylation is 1. The second-order valence-corrected chi connectivity index (χ2v) is 3.22. The molecular weight excluding hydrogens is 212 g/mol. The standard InChI is InChI=1S/C11H14O5/c1-4-7-9(12)8(11(14)15-5-2)6(3)16-10(7)13/h12H,4-5H2,1-3H3. The molecule has 0 bridgehead atoms. The molecule has 1 aromatic heterocycles. The molecule has 0 unspecified atom stereocenters. The van der Waals surface area contributed by atoms with Crippen LogP contribution in [0.2, 0.25) is 0 Å². The summed E-state index contributed by atoms with van der Waals surface area (Å²) >= 11 is 0. The van der Waals surface area contributed by atoms with Crippen molar-refractivity contribution in [2.75, 3.05) is 6.61 Å². The highest BCUT2D eigenvalue weighted by Crippen LogP contribution is 2.24. The fourth-order valence-corrected chi connectivity index (χ4v) is 1.42. The number of carbonyl (C=O) groups is 1. The van der Waals surface area contributed by atoms with Gasteiger partial charge in [0.1, 0.15) is 17.1 Å². The molecule has 1 aromatic rings. The zero-order valence-electron chi connectivity index (χ0n) is 9.49. The molecule has 0 aliphatic rings. The van der Waals surface area contributed by atoms with Crippen molar-refractivity contribution in [1.82, 2.24) is 0 Å². The molecule has 0 fully saturated rings. The van der Waals surface area contributed by atoms with Gasteiger partial charge in [-0.25, -0.2) is 9.59 Å². The summed E-state index contributed by atoms with van der Waals surface area (Å²) in [4.78, 5) is 22.9. The molecule has 16 heavy (non-hydrogen) atoms. The van der Waals surface area contributed by atoms with Crippen LogP contribution in [0.4, 0.5) is 0 Å². The van der Waals surface area contributed by atoms with E-state index in [1.165, 1.54) is 6.92 Å². The van der Waals surface area contributed by atoms with Crippen LogP contribution in [0, 0.1) is 6.92 Å². The quantitative estimate of drug-likeness (QED) is 0.788. The molecule has 5 nitrogen and oxygen atoms in total. The summed E-state index contributed by atoms with van der Waals surface area (Å²) in [6.07, 6.45) is 0.293. The molecule has 0 saturated carbocycles. The van der Waals surface area contributed by atoms with E-state index >= 15 is 0 Å². The van der Waals surface area contributed by atoms with Crippen LogP contribution in [0.5, 0.6) is 5.75 Å². The van der Waals surface area contributed by atoms with Crippen molar-refractivity contribution in [2.45, 2.75) is 27.2 Å². The molecule has 0 aromatic carbocycles. The van der Waals surface area contributed by atoms with Crippen LogP contribution in [0.1, 0.15) is 35.5 Å². The molecule has 0 spiro atoms. The van der Waals surface area contributed by atoms with Gasteiger partial charge in [-0.1, -0.05) is 6.92 Å². The van der Waals surface area contributed by atoms with Gasteiger partial charge in [0.25, 0.3) is 0 Å². The zero-order valence-corrected chi connectivity index (χ0v) is 9.49. The minimum absolute atomic E-state index is 0.0677. The van der Waals surface area contributed by atoms with E-state index in [1.807, 2.05) is 0 Å². The van der Waals surface area contributed by atoms with Gasteiger partial charge in [-0.2, -0.15) is 0 Å². The SMILES string of the molecule is CCOC(=O)c1c(C)oc(=O)c(CC)c1O. The summed E-state index contributed by atoms with van der Waals surface area (Å²) in [5.41, 5.74) is -0.600. The van der Waals surface area contributed by atoms with Gasteiger partial charge in [-0.3, -0.25) is 0 Å². The Morgan fingerprint density at radius 3 is 2.56 bits per heavy atom. The van der Waals surface area contributed by atoms with Gasteiger partial charge >= 0.3 is 11.6 Å². The van der Waals surface area contributed by atoms with E-state index in [9.17, 15) is 14.7 Å². The number of esters is 1. The number of aromatic hydroxyl groups is 1. The van der Waals surface area contributed by atoms with Crippen LogP contribution in [0.15, 0.2) is 9.21 Å². The Labute approximate surface area is 92.7 Å². The maximum absolute atomic E-state index is 11.5. The van der Waals surface area contributed by atoms with Gasteiger partial charge in [0.15, 0.2) is 0 Å². The van der Waals surface area contributed by atoms with Crippen molar-refractivity contribution in [3.8, 4) is 5.75 Å². The maximum atomic E-state index is 11.5. The third kappa shape index (κ3) is 2.08. The fourth-order valence-electron chi connectivity index (χ4n) is 1.42. The van der Waals surface area contributed by atoms with Crippen molar-refractivity contribution in [3.63, 3.8) is 0 Å². The third-order valence-electron chi connectivity index (χ3n) is 2.20. The minimum Gasteiger partial charge on any atom is -0.506 e. The number of ether oxygens (including phenoxy) is 1. The van der Waals surface area contributed by atoms with Crippen molar-refractivity contribution in [2.24, 2.45) is 0 Å². The van der Waals surface area contributed by atoms with E-state index in [0.29, 0.717) is 6.42 Å². The van der Waals surface area contributed by atoms with Crippen molar-refractivity contribution >= 4 is 5.97 Å². The molecule has 1 heterocycles. The van der Waals surface area contributed by atoms with Gasteiger partial charge in [0, 0.05) is 0 Å². The van der Waals surface area contributed by atoms with Gasteiger partial charge in [-0.15, -0.1) is 0 Å². The summed E-state index contributed by atoms with van der Waals surface area (Å²) in [6.45, 7) is 4.98. The molecule has 5 heteroatoms. The number of hydrogen-bond donors (Lipinski definition) is 1. The zero-order chi connectivity index (χ0) is 12.3. The fraction of sp³-hybridized carbons (Fsp3) is 0.455. The molecule has 1 N–H and O–H groups in total. The second kappa shape index (κ2) is 4.83. The van der Waals surface area contributed by atoms with Crippen molar-refractivity contribution in [1.29, 1.82) is 0 Å². The third-order valence-corrected chi connectivity index (χ3v) is 2.20. The monoisotopic (exact) mass is 226 g/mol. The van der Waals surface area contributed by atoms with Crippen LogP contribution in [0.25, 0.3) is 0 Å². The van der Waals surface area contributed by atoms with E-state index in [4.69, 9.17) is 9.15 Å². The van der Waals surface area contributed by atoms with Gasteiger partial charge < -0.3 is 14.3 Å². The topological polar surface area (TPSA) is 76.7 Å². The predicted molar refractivity (Wildman–Crippen MR) is 56.7 cm³/mol. The molecule has 0 aliphatic carbocycles. The van der Waals surface area contributed by atoms with E-state index < -0.39 is 11.6 Å². The first kappa shape index (κ1) is 12.3. The molecular formula is C11H14O5. The lowest BCUT2D eigenvalue weighted by Crippen LogP contribution is -2.14. The lowest BCUT2D eigenvalue weighted by atomic mass is 10.1. The van der Waals surface area contributed by atoms with Crippen LogP contribution >= 0.6 is 0 Å². The summed E-state index contributed by atoms with van der Waals surface area (Å²) in [6, 6.07) is 0. The lowest BCUT2D eigenvalue weighted by molar-refractivity contribution is 0.0517. The summed E-state index contributed by atoms with van der Waals surface area (Å²) in [5, 5.41) is 9.79. The summed E-state index contributed by atoms with van der Waals surface area (Å²) in [7, 11) is 0. The lowest BCUT2D eigenvalue weighted by Gasteiger charge is -2.08. The molecule has 0 saturated heterocycles. The summed E-state index contributed by atoms with van der Waals surface area (Å²) in [5.74, 6) is -0.955.